The molecule has 116 valence electrons. The van der Waals surface area contributed by atoms with Crippen molar-refractivity contribution in [3.8, 4) is 0 Å². The summed E-state index contributed by atoms with van der Waals surface area (Å²) in [5.41, 5.74) is 2.71. The number of hydrogen-bond donors (Lipinski definition) is 0. The molecule has 0 aliphatic carbocycles. The smallest absolute Gasteiger partial charge is 0.350 e. The van der Waals surface area contributed by atoms with Gasteiger partial charge in [-0.15, -0.1) is 0 Å². The van der Waals surface area contributed by atoms with E-state index < -0.39 is 6.23 Å². The number of ether oxygens (including phenoxy) is 2. The molecule has 1 atom stereocenters. The molecule has 5 nitrogen and oxygen atoms in total. The van der Waals surface area contributed by atoms with Crippen molar-refractivity contribution in [1.29, 1.82) is 0 Å². The molecule has 5 heteroatoms. The first kappa shape index (κ1) is 15.8. The van der Waals surface area contributed by atoms with E-state index in [4.69, 9.17) is 9.47 Å². The van der Waals surface area contributed by atoms with Gasteiger partial charge in [0.2, 0.25) is 6.23 Å². The Morgan fingerprint density at radius 3 is 2.86 bits per heavy atom. The second-order valence-corrected chi connectivity index (χ2v) is 5.31. The van der Waals surface area contributed by atoms with Crippen molar-refractivity contribution in [2.75, 3.05) is 45.8 Å². The van der Waals surface area contributed by atoms with Crippen LogP contribution in [-0.4, -0.2) is 58.0 Å². The van der Waals surface area contributed by atoms with Crippen molar-refractivity contribution in [2.24, 2.45) is 0 Å². The van der Waals surface area contributed by atoms with Gasteiger partial charge in [-0.2, -0.15) is 0 Å². The Bertz CT molecular complexity index is 478. The third-order valence-corrected chi connectivity index (χ3v) is 3.96. The Morgan fingerprint density at radius 1 is 1.38 bits per heavy atom. The molecular weight excluding hydrogens is 268 g/mol. The second-order valence-electron chi connectivity index (χ2n) is 5.31. The maximum absolute atomic E-state index is 11.6. The zero-order valence-corrected chi connectivity index (χ0v) is 13.0. The highest BCUT2D eigenvalue weighted by atomic mass is 16.6. The van der Waals surface area contributed by atoms with Gasteiger partial charge in [0.05, 0.1) is 7.11 Å². The Balaban J connectivity index is 1.96. The van der Waals surface area contributed by atoms with Crippen LogP contribution in [0.1, 0.15) is 12.0 Å². The van der Waals surface area contributed by atoms with Crippen molar-refractivity contribution in [2.45, 2.75) is 19.1 Å². The van der Waals surface area contributed by atoms with Gasteiger partial charge >= 0.3 is 5.97 Å². The van der Waals surface area contributed by atoms with Crippen molar-refractivity contribution < 1.29 is 14.3 Å². The molecule has 1 aromatic carbocycles. The van der Waals surface area contributed by atoms with Gasteiger partial charge in [0.25, 0.3) is 0 Å². The van der Waals surface area contributed by atoms with Crippen LogP contribution in [-0.2, 0) is 20.7 Å². The van der Waals surface area contributed by atoms with Crippen LogP contribution in [0.3, 0.4) is 0 Å². The van der Waals surface area contributed by atoms with Crippen LogP contribution in [0.15, 0.2) is 24.3 Å². The Morgan fingerprint density at radius 2 is 2.14 bits per heavy atom. The standard InChI is InChI=1S/C16H24N2O3/c1-17(15(20-2)16(19)21-3)11-12-18-10-6-8-13-7-4-5-9-14(13)18/h4-5,7,9,15H,6,8,10-12H2,1-3H3. The van der Waals surface area contributed by atoms with Crippen LogP contribution in [0.5, 0.6) is 0 Å². The first-order valence-electron chi connectivity index (χ1n) is 7.31. The minimum absolute atomic E-state index is 0.362. The van der Waals surface area contributed by atoms with E-state index in [-0.39, 0.29) is 5.97 Å². The number of nitrogens with zero attached hydrogens (tertiary/aromatic N) is 2. The first-order valence-corrected chi connectivity index (χ1v) is 7.31. The molecule has 1 aromatic rings. The predicted octanol–water partition coefficient (Wildman–Crippen LogP) is 1.52. The molecule has 0 bridgehead atoms. The van der Waals surface area contributed by atoms with Gasteiger partial charge in [0.15, 0.2) is 0 Å². The van der Waals surface area contributed by atoms with Crippen molar-refractivity contribution >= 4 is 11.7 Å². The fraction of sp³-hybridized carbons (Fsp3) is 0.562. The number of hydrogen-bond acceptors (Lipinski definition) is 5. The maximum atomic E-state index is 11.6. The van der Waals surface area contributed by atoms with Crippen LogP contribution in [0, 0.1) is 0 Å². The molecule has 1 unspecified atom stereocenters. The monoisotopic (exact) mass is 292 g/mol. The number of anilines is 1. The summed E-state index contributed by atoms with van der Waals surface area (Å²) >= 11 is 0. The molecule has 0 saturated heterocycles. The Labute approximate surface area is 126 Å². The molecule has 0 amide bonds. The lowest BCUT2D eigenvalue weighted by atomic mass is 10.0. The van der Waals surface area contributed by atoms with Crippen LogP contribution in [0.4, 0.5) is 5.69 Å². The minimum Gasteiger partial charge on any atom is -0.466 e. The first-order chi connectivity index (χ1) is 10.2. The highest BCUT2D eigenvalue weighted by molar-refractivity contribution is 5.74. The summed E-state index contributed by atoms with van der Waals surface area (Å²) < 4.78 is 9.96. The summed E-state index contributed by atoms with van der Waals surface area (Å²) in [5, 5.41) is 0. The molecule has 0 radical (unpaired) electrons. The zero-order chi connectivity index (χ0) is 15.2. The van der Waals surface area contributed by atoms with Gasteiger partial charge < -0.3 is 14.4 Å². The number of fused-ring (bicyclic) bond motifs is 1. The lowest BCUT2D eigenvalue weighted by Crippen LogP contribution is -2.45. The number of para-hydroxylation sites is 1. The van der Waals surface area contributed by atoms with Crippen LogP contribution in [0.25, 0.3) is 0 Å². The van der Waals surface area contributed by atoms with E-state index >= 15 is 0 Å². The fourth-order valence-electron chi connectivity index (χ4n) is 2.80. The number of benzene rings is 1. The molecule has 0 N–H and O–H groups in total. The number of carbonyl (C=O) groups excluding carboxylic acids is 1. The molecule has 1 aliphatic heterocycles. The summed E-state index contributed by atoms with van der Waals surface area (Å²) in [4.78, 5) is 15.9. The molecule has 1 aliphatic rings. The second kappa shape index (κ2) is 7.43. The third kappa shape index (κ3) is 3.74. The summed E-state index contributed by atoms with van der Waals surface area (Å²) in [7, 11) is 4.78. The number of rotatable bonds is 6. The molecule has 0 saturated carbocycles. The molecule has 0 aromatic heterocycles. The number of esters is 1. The number of methoxy groups -OCH3 is 2. The van der Waals surface area contributed by atoms with Crippen molar-refractivity contribution in [3.63, 3.8) is 0 Å². The van der Waals surface area contributed by atoms with Gasteiger partial charge in [0, 0.05) is 32.4 Å². The van der Waals surface area contributed by atoms with E-state index in [0.29, 0.717) is 0 Å². The molecule has 1 heterocycles. The molecule has 2 rings (SSSR count). The van der Waals surface area contributed by atoms with Gasteiger partial charge in [-0.05, 0) is 31.5 Å². The highest BCUT2D eigenvalue weighted by Crippen LogP contribution is 2.26. The lowest BCUT2D eigenvalue weighted by molar-refractivity contribution is -0.163. The third-order valence-electron chi connectivity index (χ3n) is 3.96. The van der Waals surface area contributed by atoms with E-state index in [1.165, 1.54) is 31.9 Å². The number of likely N-dealkylation sites (N-methyl/N-ethyl adjacent to an activating group) is 1. The molecule has 0 spiro atoms. The normalized spacial score (nSPS) is 15.7. The average molecular weight is 292 g/mol. The van der Waals surface area contributed by atoms with Crippen LogP contribution < -0.4 is 4.90 Å². The maximum Gasteiger partial charge on any atom is 0.350 e. The van der Waals surface area contributed by atoms with Gasteiger partial charge in [-0.3, -0.25) is 4.90 Å². The number of carbonyl (C=O) groups is 1. The Kier molecular flexibility index (Phi) is 5.59. The summed E-state index contributed by atoms with van der Waals surface area (Å²) in [6.07, 6.45) is 1.67. The SMILES string of the molecule is COC(=O)C(OC)N(C)CCN1CCCc2ccccc21. The predicted molar refractivity (Wildman–Crippen MR) is 82.4 cm³/mol. The van der Waals surface area contributed by atoms with Gasteiger partial charge in [0.1, 0.15) is 0 Å². The minimum atomic E-state index is -0.643. The number of aryl methyl sites for hydroxylation is 1. The molecular formula is C16H24N2O3. The fourth-order valence-corrected chi connectivity index (χ4v) is 2.80. The van der Waals surface area contributed by atoms with E-state index in [0.717, 1.165) is 26.1 Å². The highest BCUT2D eigenvalue weighted by Gasteiger charge is 2.24. The van der Waals surface area contributed by atoms with E-state index in [9.17, 15) is 4.79 Å². The molecule has 21 heavy (non-hydrogen) atoms. The zero-order valence-electron chi connectivity index (χ0n) is 13.0. The van der Waals surface area contributed by atoms with Crippen molar-refractivity contribution in [3.05, 3.63) is 29.8 Å². The summed E-state index contributed by atoms with van der Waals surface area (Å²) in [6.45, 7) is 2.66. The van der Waals surface area contributed by atoms with Crippen LogP contribution >= 0.6 is 0 Å². The lowest BCUT2D eigenvalue weighted by Gasteiger charge is -2.33. The van der Waals surface area contributed by atoms with Gasteiger partial charge in [-0.25, -0.2) is 4.79 Å². The summed E-state index contributed by atoms with van der Waals surface area (Å²) in [6, 6.07) is 8.53. The van der Waals surface area contributed by atoms with Crippen LogP contribution in [0.2, 0.25) is 0 Å². The Hall–Kier alpha value is -1.59. The summed E-state index contributed by atoms with van der Waals surface area (Å²) in [5.74, 6) is -0.362. The van der Waals surface area contributed by atoms with Crippen molar-refractivity contribution in [1.82, 2.24) is 4.90 Å². The average Bonchev–Trinajstić information content (AvgIpc) is 2.53. The largest absolute Gasteiger partial charge is 0.466 e. The van der Waals surface area contributed by atoms with E-state index in [1.54, 1.807) is 0 Å². The van der Waals surface area contributed by atoms with E-state index in [2.05, 4.69) is 29.2 Å². The van der Waals surface area contributed by atoms with Gasteiger partial charge in [-0.1, -0.05) is 18.2 Å². The topological polar surface area (TPSA) is 42.0 Å². The van der Waals surface area contributed by atoms with E-state index in [1.807, 2.05) is 11.9 Å². The molecule has 0 fully saturated rings. The quantitative estimate of drug-likeness (QED) is 0.587.